The number of hydrogen-bond donors (Lipinski definition) is 4. The van der Waals surface area contributed by atoms with E-state index in [0.29, 0.717) is 11.3 Å². The Hall–Kier alpha value is -3.02. The Morgan fingerprint density at radius 2 is 1.70 bits per heavy atom. The predicted molar refractivity (Wildman–Crippen MR) is 73.9 cm³/mol. The van der Waals surface area contributed by atoms with Crippen LogP contribution in [0.3, 0.4) is 0 Å². The molecule has 0 radical (unpaired) electrons. The van der Waals surface area contributed by atoms with Crippen molar-refractivity contribution in [2.24, 2.45) is 0 Å². The first-order chi connectivity index (χ1) is 9.47. The summed E-state index contributed by atoms with van der Waals surface area (Å²) in [5.74, 6) is -1.89. The smallest absolute Gasteiger partial charge is 0.337 e. The molecule has 0 aliphatic heterocycles. The molecule has 0 aromatic heterocycles. The summed E-state index contributed by atoms with van der Waals surface area (Å²) in [4.78, 5) is 23.0. The number of hydrogen-bond acceptors (Lipinski definition) is 4. The number of amides is 1. The van der Waals surface area contributed by atoms with Crippen molar-refractivity contribution in [3.8, 4) is 5.75 Å². The molecule has 2 aromatic rings. The van der Waals surface area contributed by atoms with Gasteiger partial charge in [0.25, 0.3) is 5.91 Å². The molecule has 1 amide bonds. The van der Waals surface area contributed by atoms with E-state index in [1.54, 1.807) is 12.1 Å². The van der Waals surface area contributed by atoms with Crippen LogP contribution in [0, 0.1) is 0 Å². The monoisotopic (exact) mass is 272 g/mol. The summed E-state index contributed by atoms with van der Waals surface area (Å²) in [6, 6.07) is 9.91. The molecule has 6 heteroatoms. The van der Waals surface area contributed by atoms with E-state index in [0.717, 1.165) is 6.07 Å². The van der Waals surface area contributed by atoms with Crippen molar-refractivity contribution in [3.05, 3.63) is 53.6 Å². The summed E-state index contributed by atoms with van der Waals surface area (Å²) in [6.07, 6.45) is 0. The van der Waals surface area contributed by atoms with Gasteiger partial charge in [-0.25, -0.2) is 4.79 Å². The second kappa shape index (κ2) is 5.31. The predicted octanol–water partition coefficient (Wildman–Crippen LogP) is 1.92. The van der Waals surface area contributed by atoms with Crippen molar-refractivity contribution in [2.45, 2.75) is 0 Å². The highest BCUT2D eigenvalue weighted by Crippen LogP contribution is 2.22. The molecule has 0 saturated heterocycles. The van der Waals surface area contributed by atoms with E-state index in [1.165, 1.54) is 24.3 Å². The van der Waals surface area contributed by atoms with Crippen LogP contribution < -0.4 is 11.1 Å². The van der Waals surface area contributed by atoms with Gasteiger partial charge >= 0.3 is 5.97 Å². The van der Waals surface area contributed by atoms with Gasteiger partial charge in [0, 0.05) is 11.3 Å². The third kappa shape index (κ3) is 2.86. The molecule has 0 heterocycles. The lowest BCUT2D eigenvalue weighted by atomic mass is 10.1. The van der Waals surface area contributed by atoms with Crippen LogP contribution in [-0.4, -0.2) is 22.1 Å². The molecule has 0 atom stereocenters. The quantitative estimate of drug-likeness (QED) is 0.503. The second-order valence-corrected chi connectivity index (χ2v) is 4.11. The molecule has 0 bridgehead atoms. The number of anilines is 2. The molecule has 0 spiro atoms. The number of aromatic carboxylic acids is 1. The first-order valence-corrected chi connectivity index (χ1v) is 5.70. The van der Waals surface area contributed by atoms with Gasteiger partial charge in [-0.15, -0.1) is 0 Å². The van der Waals surface area contributed by atoms with Crippen LogP contribution in [0.2, 0.25) is 0 Å². The van der Waals surface area contributed by atoms with Crippen LogP contribution in [0.4, 0.5) is 11.4 Å². The lowest BCUT2D eigenvalue weighted by Crippen LogP contribution is -2.14. The highest BCUT2D eigenvalue weighted by Gasteiger charge is 2.14. The zero-order chi connectivity index (χ0) is 14.7. The Balaban J connectivity index is 2.28. The molecule has 5 N–H and O–H groups in total. The Kier molecular flexibility index (Phi) is 3.56. The van der Waals surface area contributed by atoms with E-state index >= 15 is 0 Å². The molecule has 6 nitrogen and oxygen atoms in total. The fourth-order valence-electron chi connectivity index (χ4n) is 1.65. The van der Waals surface area contributed by atoms with Crippen molar-refractivity contribution in [3.63, 3.8) is 0 Å². The fourth-order valence-corrected chi connectivity index (χ4v) is 1.65. The van der Waals surface area contributed by atoms with E-state index < -0.39 is 11.9 Å². The van der Waals surface area contributed by atoms with E-state index in [2.05, 4.69) is 5.32 Å². The Morgan fingerprint density at radius 1 is 1.05 bits per heavy atom. The summed E-state index contributed by atoms with van der Waals surface area (Å²) in [5, 5.41) is 20.8. The minimum atomic E-state index is -1.24. The third-order valence-corrected chi connectivity index (χ3v) is 2.65. The maximum absolute atomic E-state index is 12.0. The number of nitrogens with one attached hydrogen (secondary N) is 1. The summed E-state index contributed by atoms with van der Waals surface area (Å²) in [5.41, 5.74) is 6.32. The van der Waals surface area contributed by atoms with Crippen molar-refractivity contribution >= 4 is 23.3 Å². The van der Waals surface area contributed by atoms with Gasteiger partial charge in [0.2, 0.25) is 0 Å². The van der Waals surface area contributed by atoms with Crippen LogP contribution in [0.5, 0.6) is 5.75 Å². The molecular weight excluding hydrogens is 260 g/mol. The first kappa shape index (κ1) is 13.4. The molecule has 20 heavy (non-hydrogen) atoms. The number of phenols is 1. The lowest BCUT2D eigenvalue weighted by Gasteiger charge is -2.09. The van der Waals surface area contributed by atoms with Gasteiger partial charge < -0.3 is 21.3 Å². The summed E-state index contributed by atoms with van der Waals surface area (Å²) >= 11 is 0. The normalized spacial score (nSPS) is 10.0. The number of carbonyl (C=O) groups excluding carboxylic acids is 1. The zero-order valence-corrected chi connectivity index (χ0v) is 10.3. The van der Waals surface area contributed by atoms with Crippen LogP contribution in [0.25, 0.3) is 0 Å². The van der Waals surface area contributed by atoms with Crippen LogP contribution in [-0.2, 0) is 0 Å². The van der Waals surface area contributed by atoms with Crippen molar-refractivity contribution in [2.75, 3.05) is 11.1 Å². The van der Waals surface area contributed by atoms with Gasteiger partial charge in [-0.2, -0.15) is 0 Å². The maximum atomic E-state index is 12.0. The standard InChI is InChI=1S/C14H12N2O4/c15-9-3-1-8(2-4-9)13(18)16-12-6-5-10(17)7-11(12)14(19)20/h1-7,17H,15H2,(H,16,18)(H,19,20). The third-order valence-electron chi connectivity index (χ3n) is 2.65. The summed E-state index contributed by atoms with van der Waals surface area (Å²) < 4.78 is 0. The highest BCUT2D eigenvalue weighted by molar-refractivity contribution is 6.07. The minimum absolute atomic E-state index is 0.108. The van der Waals surface area contributed by atoms with Crippen molar-refractivity contribution < 1.29 is 19.8 Å². The Morgan fingerprint density at radius 3 is 2.30 bits per heavy atom. The number of nitrogens with two attached hydrogens (primary N) is 1. The lowest BCUT2D eigenvalue weighted by molar-refractivity contribution is 0.0697. The van der Waals surface area contributed by atoms with Gasteiger partial charge in [0.15, 0.2) is 0 Å². The van der Waals surface area contributed by atoms with Crippen LogP contribution in [0.15, 0.2) is 42.5 Å². The number of nitrogen functional groups attached to an aromatic ring is 1. The molecular formula is C14H12N2O4. The molecule has 0 aliphatic carbocycles. The SMILES string of the molecule is Nc1ccc(C(=O)Nc2ccc(O)cc2C(=O)O)cc1. The summed E-state index contributed by atoms with van der Waals surface area (Å²) in [7, 11) is 0. The van der Waals surface area contributed by atoms with E-state index in [1.807, 2.05) is 0 Å². The highest BCUT2D eigenvalue weighted by atomic mass is 16.4. The average molecular weight is 272 g/mol. The molecule has 2 rings (SSSR count). The van der Waals surface area contributed by atoms with Gasteiger partial charge in [0.1, 0.15) is 5.75 Å². The molecule has 0 saturated carbocycles. The van der Waals surface area contributed by atoms with Gasteiger partial charge in [0.05, 0.1) is 11.3 Å². The maximum Gasteiger partial charge on any atom is 0.337 e. The summed E-state index contributed by atoms with van der Waals surface area (Å²) in [6.45, 7) is 0. The van der Waals surface area contributed by atoms with E-state index in [4.69, 9.17) is 10.8 Å². The van der Waals surface area contributed by atoms with Crippen LogP contribution in [0.1, 0.15) is 20.7 Å². The fraction of sp³-hybridized carbons (Fsp3) is 0. The molecule has 0 unspecified atom stereocenters. The second-order valence-electron chi connectivity index (χ2n) is 4.11. The molecule has 0 aliphatic rings. The van der Waals surface area contributed by atoms with Gasteiger partial charge in [-0.1, -0.05) is 0 Å². The number of aromatic hydroxyl groups is 1. The first-order valence-electron chi connectivity index (χ1n) is 5.70. The van der Waals surface area contributed by atoms with Gasteiger partial charge in [-0.3, -0.25) is 4.79 Å². The molecule has 2 aromatic carbocycles. The van der Waals surface area contributed by atoms with Crippen LogP contribution >= 0.6 is 0 Å². The number of benzene rings is 2. The number of phenolic OH excluding ortho intramolecular Hbond substituents is 1. The largest absolute Gasteiger partial charge is 0.508 e. The Bertz CT molecular complexity index is 665. The van der Waals surface area contributed by atoms with E-state index in [9.17, 15) is 14.7 Å². The zero-order valence-electron chi connectivity index (χ0n) is 10.3. The number of carbonyl (C=O) groups is 2. The van der Waals surface area contributed by atoms with Crippen molar-refractivity contribution in [1.29, 1.82) is 0 Å². The van der Waals surface area contributed by atoms with E-state index in [-0.39, 0.29) is 17.0 Å². The average Bonchev–Trinajstić information content (AvgIpc) is 2.41. The Labute approximate surface area is 114 Å². The molecule has 0 fully saturated rings. The minimum Gasteiger partial charge on any atom is -0.508 e. The topological polar surface area (TPSA) is 113 Å². The van der Waals surface area contributed by atoms with Gasteiger partial charge in [-0.05, 0) is 42.5 Å². The number of carboxylic acid groups (broad SMARTS) is 1. The number of rotatable bonds is 3. The van der Waals surface area contributed by atoms with Crippen molar-refractivity contribution in [1.82, 2.24) is 0 Å². The number of carboxylic acids is 1. The molecule has 102 valence electrons.